The van der Waals surface area contributed by atoms with Gasteiger partial charge in [0, 0.05) is 0 Å². The number of thiophene rings is 2. The summed E-state index contributed by atoms with van der Waals surface area (Å²) in [4.78, 5) is 11.4. The van der Waals surface area contributed by atoms with Crippen LogP contribution in [0.1, 0.15) is 20.8 Å². The van der Waals surface area contributed by atoms with Gasteiger partial charge in [0.25, 0.3) is 0 Å². The molecule has 0 aromatic carbocycles. The van der Waals surface area contributed by atoms with Gasteiger partial charge < -0.3 is 5.11 Å². The first kappa shape index (κ1) is 13.1. The van der Waals surface area contributed by atoms with Gasteiger partial charge in [-0.2, -0.15) is 0 Å². The second-order valence-corrected chi connectivity index (χ2v) is 7.35. The van der Waals surface area contributed by atoms with Crippen molar-refractivity contribution in [2.75, 3.05) is 0 Å². The zero-order valence-corrected chi connectivity index (χ0v) is 12.5. The fourth-order valence-electron chi connectivity index (χ4n) is 1.53. The number of carboxylic acids is 1. The smallest absolute Gasteiger partial charge is 0.346 e. The molecule has 0 aliphatic carbocycles. The molecule has 1 N–H and O–H groups in total. The molecule has 0 atom stereocenters. The molecule has 90 valence electrons. The van der Waals surface area contributed by atoms with Crippen molar-refractivity contribution in [1.29, 1.82) is 0 Å². The monoisotopic (exact) mass is 350 g/mol. The highest BCUT2D eigenvalue weighted by Gasteiger charge is 2.15. The largest absolute Gasteiger partial charge is 0.477 e. The minimum atomic E-state index is -0.902. The zero-order valence-electron chi connectivity index (χ0n) is 8.57. The maximum absolute atomic E-state index is 11.0. The van der Waals surface area contributed by atoms with E-state index in [1.54, 1.807) is 17.4 Å². The standard InChI is InChI=1S/C11H8BrClO2S2/c12-10-6(3-4-16-10)1-2-7-5-8(13)17-9(7)11(14)15/h3-5H,1-2H2,(H,14,15). The molecule has 17 heavy (non-hydrogen) atoms. The Hall–Kier alpha value is -0.360. The summed E-state index contributed by atoms with van der Waals surface area (Å²) >= 11 is 12.1. The van der Waals surface area contributed by atoms with Crippen LogP contribution in [-0.2, 0) is 12.8 Å². The van der Waals surface area contributed by atoms with Crippen LogP contribution in [0.3, 0.4) is 0 Å². The van der Waals surface area contributed by atoms with Gasteiger partial charge in [-0.15, -0.1) is 22.7 Å². The van der Waals surface area contributed by atoms with Gasteiger partial charge in [0.1, 0.15) is 4.88 Å². The molecule has 0 amide bonds. The van der Waals surface area contributed by atoms with Gasteiger partial charge in [0.15, 0.2) is 0 Å². The summed E-state index contributed by atoms with van der Waals surface area (Å²) in [6, 6.07) is 3.79. The quantitative estimate of drug-likeness (QED) is 0.866. The molecule has 2 aromatic heterocycles. The van der Waals surface area contributed by atoms with Crippen LogP contribution >= 0.6 is 50.2 Å². The first-order chi connectivity index (χ1) is 8.08. The van der Waals surface area contributed by atoms with Crippen LogP contribution in [0.15, 0.2) is 21.3 Å². The van der Waals surface area contributed by atoms with Crippen molar-refractivity contribution in [3.63, 3.8) is 0 Å². The lowest BCUT2D eigenvalue weighted by Gasteiger charge is -1.99. The summed E-state index contributed by atoms with van der Waals surface area (Å²) in [7, 11) is 0. The summed E-state index contributed by atoms with van der Waals surface area (Å²) in [5.41, 5.74) is 2.01. The minimum absolute atomic E-state index is 0.348. The molecule has 2 heterocycles. The van der Waals surface area contributed by atoms with E-state index in [1.165, 1.54) is 5.56 Å². The van der Waals surface area contributed by atoms with Crippen molar-refractivity contribution in [2.45, 2.75) is 12.8 Å². The van der Waals surface area contributed by atoms with Gasteiger partial charge in [-0.3, -0.25) is 0 Å². The Morgan fingerprint density at radius 1 is 1.41 bits per heavy atom. The van der Waals surface area contributed by atoms with Crippen LogP contribution in [0.4, 0.5) is 0 Å². The maximum Gasteiger partial charge on any atom is 0.346 e. The Kier molecular flexibility index (Phi) is 4.25. The fraction of sp³-hybridized carbons (Fsp3) is 0.182. The van der Waals surface area contributed by atoms with E-state index in [-0.39, 0.29) is 0 Å². The molecule has 0 aliphatic heterocycles. The lowest BCUT2D eigenvalue weighted by molar-refractivity contribution is 0.0701. The van der Waals surface area contributed by atoms with Gasteiger partial charge >= 0.3 is 5.97 Å². The van der Waals surface area contributed by atoms with Gasteiger partial charge in [0.05, 0.1) is 8.12 Å². The van der Waals surface area contributed by atoms with E-state index < -0.39 is 5.97 Å². The number of halogens is 2. The number of aromatic carboxylic acids is 1. The number of rotatable bonds is 4. The number of carboxylic acid groups (broad SMARTS) is 1. The van der Waals surface area contributed by atoms with Crippen LogP contribution < -0.4 is 0 Å². The van der Waals surface area contributed by atoms with Crippen LogP contribution in [0.25, 0.3) is 0 Å². The molecule has 2 nitrogen and oxygen atoms in total. The van der Waals surface area contributed by atoms with Crippen molar-refractivity contribution in [2.24, 2.45) is 0 Å². The summed E-state index contributed by atoms with van der Waals surface area (Å²) in [6.45, 7) is 0. The molecule has 2 aromatic rings. The third-order valence-electron chi connectivity index (χ3n) is 2.33. The molecule has 0 spiro atoms. The Labute approximate surface area is 120 Å². The molecule has 6 heteroatoms. The third kappa shape index (κ3) is 3.10. The SMILES string of the molecule is O=C(O)c1sc(Cl)cc1CCc1ccsc1Br. The predicted octanol–water partition coefficient (Wildman–Crippen LogP) is 4.71. The molecule has 2 rings (SSSR count). The molecule has 0 fully saturated rings. The molecular weight excluding hydrogens is 344 g/mol. The van der Waals surface area contributed by atoms with Crippen LogP contribution in [0, 0.1) is 0 Å². The van der Waals surface area contributed by atoms with Crippen molar-refractivity contribution in [3.05, 3.63) is 41.6 Å². The van der Waals surface area contributed by atoms with Crippen LogP contribution in [0.5, 0.6) is 0 Å². The average molecular weight is 352 g/mol. The lowest BCUT2D eigenvalue weighted by Crippen LogP contribution is -1.99. The Morgan fingerprint density at radius 3 is 2.71 bits per heavy atom. The van der Waals surface area contributed by atoms with E-state index >= 15 is 0 Å². The van der Waals surface area contributed by atoms with Crippen LogP contribution in [0.2, 0.25) is 4.34 Å². The van der Waals surface area contributed by atoms with Gasteiger partial charge in [-0.25, -0.2) is 4.79 Å². The van der Waals surface area contributed by atoms with Gasteiger partial charge in [-0.05, 0) is 57.4 Å². The number of carbonyl (C=O) groups is 1. The Balaban J connectivity index is 2.14. The van der Waals surface area contributed by atoms with E-state index in [2.05, 4.69) is 15.9 Å². The summed E-state index contributed by atoms with van der Waals surface area (Å²) in [6.07, 6.45) is 1.51. The van der Waals surface area contributed by atoms with E-state index in [0.717, 1.165) is 27.1 Å². The van der Waals surface area contributed by atoms with E-state index in [9.17, 15) is 4.79 Å². The fourth-order valence-corrected chi connectivity index (χ4v) is 4.00. The highest BCUT2D eigenvalue weighted by molar-refractivity contribution is 9.11. The summed E-state index contributed by atoms with van der Waals surface area (Å²) in [5, 5.41) is 11.0. The van der Waals surface area contributed by atoms with Crippen molar-refractivity contribution in [3.8, 4) is 0 Å². The van der Waals surface area contributed by atoms with E-state index in [1.807, 2.05) is 11.4 Å². The average Bonchev–Trinajstić information content (AvgIpc) is 2.82. The Morgan fingerprint density at radius 2 is 2.12 bits per heavy atom. The maximum atomic E-state index is 11.0. The molecular formula is C11H8BrClO2S2. The van der Waals surface area contributed by atoms with Gasteiger partial charge in [0.2, 0.25) is 0 Å². The third-order valence-corrected chi connectivity index (χ3v) is 5.44. The molecule has 0 saturated carbocycles. The van der Waals surface area contributed by atoms with E-state index in [0.29, 0.717) is 15.6 Å². The topological polar surface area (TPSA) is 37.3 Å². The van der Waals surface area contributed by atoms with Gasteiger partial charge in [-0.1, -0.05) is 11.6 Å². The molecule has 0 unspecified atom stereocenters. The van der Waals surface area contributed by atoms with Crippen molar-refractivity contribution in [1.82, 2.24) is 0 Å². The predicted molar refractivity (Wildman–Crippen MR) is 75.7 cm³/mol. The first-order valence-corrected chi connectivity index (χ1v) is 7.68. The normalized spacial score (nSPS) is 10.7. The molecule has 0 aliphatic rings. The number of aryl methyl sites for hydroxylation is 2. The molecule has 0 radical (unpaired) electrons. The summed E-state index contributed by atoms with van der Waals surface area (Å²) < 4.78 is 1.64. The number of hydrogen-bond acceptors (Lipinski definition) is 3. The van der Waals surface area contributed by atoms with Crippen molar-refractivity contribution >= 4 is 56.2 Å². The second kappa shape index (κ2) is 5.52. The first-order valence-electron chi connectivity index (χ1n) is 4.81. The minimum Gasteiger partial charge on any atom is -0.477 e. The zero-order chi connectivity index (χ0) is 12.4. The molecule has 0 bridgehead atoms. The summed E-state index contributed by atoms with van der Waals surface area (Å²) in [5.74, 6) is -0.902. The Bertz CT molecular complexity index is 547. The highest BCUT2D eigenvalue weighted by Crippen LogP contribution is 2.29. The second-order valence-electron chi connectivity index (χ2n) is 3.43. The number of hydrogen-bond donors (Lipinski definition) is 1. The van der Waals surface area contributed by atoms with Crippen molar-refractivity contribution < 1.29 is 9.90 Å². The lowest BCUT2D eigenvalue weighted by atomic mass is 10.1. The van der Waals surface area contributed by atoms with Crippen LogP contribution in [-0.4, -0.2) is 11.1 Å². The molecule has 0 saturated heterocycles. The van der Waals surface area contributed by atoms with E-state index in [4.69, 9.17) is 16.7 Å². The highest BCUT2D eigenvalue weighted by atomic mass is 79.9.